The van der Waals surface area contributed by atoms with Crippen LogP contribution < -0.4 is 5.32 Å². The van der Waals surface area contributed by atoms with Crippen LogP contribution in [0.15, 0.2) is 0 Å². The van der Waals surface area contributed by atoms with Gasteiger partial charge in [0.15, 0.2) is 5.82 Å². The highest BCUT2D eigenvalue weighted by Gasteiger charge is 2.24. The summed E-state index contributed by atoms with van der Waals surface area (Å²) in [6.45, 7) is 4.63. The zero-order valence-electron chi connectivity index (χ0n) is 10.2. The fourth-order valence-corrected chi connectivity index (χ4v) is 1.25. The summed E-state index contributed by atoms with van der Waals surface area (Å²) >= 11 is 0. The Labute approximate surface area is 99.9 Å². The first kappa shape index (κ1) is 13.4. The number of nitriles is 1. The summed E-state index contributed by atoms with van der Waals surface area (Å²) in [6.07, 6.45) is 0. The third-order valence-corrected chi connectivity index (χ3v) is 2.68. The standard InChI is InChI=1S/C11H16N4O2/c1-7-8(2)14-15-10(9(7)4-12)13-11(3,5-16)6-17/h16-17H,5-6H2,1-3H3,(H,13,15). The number of anilines is 1. The molecule has 0 aliphatic carbocycles. The lowest BCUT2D eigenvalue weighted by atomic mass is 10.0. The van der Waals surface area contributed by atoms with Gasteiger partial charge in [0.1, 0.15) is 11.6 Å². The third kappa shape index (κ3) is 2.70. The quantitative estimate of drug-likeness (QED) is 0.686. The molecule has 3 N–H and O–H groups in total. The Morgan fingerprint density at radius 3 is 2.35 bits per heavy atom. The topological polar surface area (TPSA) is 102 Å². The van der Waals surface area contributed by atoms with E-state index in [0.29, 0.717) is 11.3 Å². The molecule has 0 bridgehead atoms. The van der Waals surface area contributed by atoms with E-state index in [1.165, 1.54) is 0 Å². The second kappa shape index (κ2) is 5.08. The highest BCUT2D eigenvalue weighted by atomic mass is 16.3. The van der Waals surface area contributed by atoms with Gasteiger partial charge in [-0.05, 0) is 26.3 Å². The monoisotopic (exact) mass is 236 g/mol. The number of aryl methyl sites for hydroxylation is 1. The maximum atomic E-state index is 9.18. The summed E-state index contributed by atoms with van der Waals surface area (Å²) in [5.41, 5.74) is 0.873. The van der Waals surface area contributed by atoms with E-state index in [0.717, 1.165) is 5.56 Å². The van der Waals surface area contributed by atoms with Crippen molar-refractivity contribution in [2.24, 2.45) is 0 Å². The highest BCUT2D eigenvalue weighted by molar-refractivity contribution is 5.56. The van der Waals surface area contributed by atoms with Crippen LogP contribution in [0, 0.1) is 25.2 Å². The first-order chi connectivity index (χ1) is 7.97. The van der Waals surface area contributed by atoms with Crippen molar-refractivity contribution in [3.8, 4) is 6.07 Å². The molecule has 1 aromatic heterocycles. The van der Waals surface area contributed by atoms with Crippen molar-refractivity contribution in [1.82, 2.24) is 10.2 Å². The lowest BCUT2D eigenvalue weighted by molar-refractivity contribution is 0.147. The molecular formula is C11H16N4O2. The van der Waals surface area contributed by atoms with Gasteiger partial charge in [-0.25, -0.2) is 0 Å². The van der Waals surface area contributed by atoms with Gasteiger partial charge in [0.2, 0.25) is 0 Å². The van der Waals surface area contributed by atoms with Gasteiger partial charge in [-0.2, -0.15) is 10.4 Å². The lowest BCUT2D eigenvalue weighted by Gasteiger charge is -2.27. The number of aliphatic hydroxyl groups excluding tert-OH is 2. The lowest BCUT2D eigenvalue weighted by Crippen LogP contribution is -2.43. The fraction of sp³-hybridized carbons (Fsp3) is 0.545. The summed E-state index contributed by atoms with van der Waals surface area (Å²) in [6, 6.07) is 2.05. The van der Waals surface area contributed by atoms with Gasteiger partial charge in [0.25, 0.3) is 0 Å². The predicted octanol–water partition coefficient (Wildman–Crippen LogP) is 0.120. The van der Waals surface area contributed by atoms with Gasteiger partial charge in [0, 0.05) is 0 Å². The molecule has 0 aliphatic rings. The molecule has 6 nitrogen and oxygen atoms in total. The molecule has 1 rings (SSSR count). The van der Waals surface area contributed by atoms with Crippen molar-refractivity contribution < 1.29 is 10.2 Å². The van der Waals surface area contributed by atoms with Crippen molar-refractivity contribution in [3.05, 3.63) is 16.8 Å². The molecule has 0 amide bonds. The van der Waals surface area contributed by atoms with Crippen LogP contribution in [-0.4, -0.2) is 39.2 Å². The van der Waals surface area contributed by atoms with E-state index >= 15 is 0 Å². The zero-order chi connectivity index (χ0) is 13.1. The molecule has 0 atom stereocenters. The molecule has 1 aromatic rings. The number of rotatable bonds is 4. The van der Waals surface area contributed by atoms with Gasteiger partial charge in [-0.3, -0.25) is 0 Å². The number of nitrogens with zero attached hydrogens (tertiary/aromatic N) is 3. The van der Waals surface area contributed by atoms with E-state index in [1.54, 1.807) is 20.8 Å². The van der Waals surface area contributed by atoms with Crippen molar-refractivity contribution in [2.45, 2.75) is 26.3 Å². The van der Waals surface area contributed by atoms with Gasteiger partial charge >= 0.3 is 0 Å². The Morgan fingerprint density at radius 1 is 1.29 bits per heavy atom. The van der Waals surface area contributed by atoms with Crippen LogP contribution in [0.1, 0.15) is 23.7 Å². The largest absolute Gasteiger partial charge is 0.394 e. The molecule has 0 unspecified atom stereocenters. The third-order valence-electron chi connectivity index (χ3n) is 2.68. The smallest absolute Gasteiger partial charge is 0.167 e. The van der Waals surface area contributed by atoms with Crippen LogP contribution in [0.3, 0.4) is 0 Å². The first-order valence-corrected chi connectivity index (χ1v) is 5.21. The minimum absolute atomic E-state index is 0.275. The second-order valence-corrected chi connectivity index (χ2v) is 4.25. The van der Waals surface area contributed by atoms with Crippen LogP contribution in [0.5, 0.6) is 0 Å². The summed E-state index contributed by atoms with van der Waals surface area (Å²) < 4.78 is 0. The van der Waals surface area contributed by atoms with Crippen molar-refractivity contribution >= 4 is 5.82 Å². The van der Waals surface area contributed by atoms with E-state index in [2.05, 4.69) is 15.5 Å². The Morgan fingerprint density at radius 2 is 1.88 bits per heavy atom. The van der Waals surface area contributed by atoms with E-state index in [1.807, 2.05) is 6.07 Å². The summed E-state index contributed by atoms with van der Waals surface area (Å²) in [5, 5.41) is 38.1. The molecule has 92 valence electrons. The molecule has 0 aromatic carbocycles. The summed E-state index contributed by atoms with van der Waals surface area (Å²) in [5.74, 6) is 0.279. The molecule has 0 spiro atoms. The minimum Gasteiger partial charge on any atom is -0.394 e. The molecule has 17 heavy (non-hydrogen) atoms. The van der Waals surface area contributed by atoms with E-state index < -0.39 is 5.54 Å². The Kier molecular flexibility index (Phi) is 3.99. The molecule has 6 heteroatoms. The maximum absolute atomic E-state index is 9.18. The average Bonchev–Trinajstić information content (AvgIpc) is 2.34. The van der Waals surface area contributed by atoms with E-state index in [9.17, 15) is 10.2 Å². The first-order valence-electron chi connectivity index (χ1n) is 5.21. The zero-order valence-corrected chi connectivity index (χ0v) is 10.2. The molecular weight excluding hydrogens is 220 g/mol. The molecule has 0 saturated carbocycles. The average molecular weight is 236 g/mol. The molecule has 0 fully saturated rings. The van der Waals surface area contributed by atoms with Gasteiger partial charge in [0.05, 0.1) is 24.4 Å². The Balaban J connectivity index is 3.17. The fourth-order valence-electron chi connectivity index (χ4n) is 1.25. The van der Waals surface area contributed by atoms with Gasteiger partial charge < -0.3 is 15.5 Å². The number of hydrogen-bond acceptors (Lipinski definition) is 6. The summed E-state index contributed by atoms with van der Waals surface area (Å²) in [7, 11) is 0. The van der Waals surface area contributed by atoms with Crippen LogP contribution in [0.25, 0.3) is 0 Å². The SMILES string of the molecule is Cc1nnc(NC(C)(CO)CO)c(C#N)c1C. The molecule has 0 aliphatic heterocycles. The minimum atomic E-state index is -0.929. The van der Waals surface area contributed by atoms with Crippen molar-refractivity contribution in [2.75, 3.05) is 18.5 Å². The van der Waals surface area contributed by atoms with E-state index in [4.69, 9.17) is 5.26 Å². The number of aromatic nitrogens is 2. The second-order valence-electron chi connectivity index (χ2n) is 4.25. The normalized spacial score (nSPS) is 11.1. The van der Waals surface area contributed by atoms with Crippen molar-refractivity contribution in [1.29, 1.82) is 5.26 Å². The van der Waals surface area contributed by atoms with Crippen LogP contribution in [-0.2, 0) is 0 Å². The highest BCUT2D eigenvalue weighted by Crippen LogP contribution is 2.20. The van der Waals surface area contributed by atoms with Crippen LogP contribution in [0.4, 0.5) is 5.82 Å². The molecule has 0 radical (unpaired) electrons. The number of hydrogen-bond donors (Lipinski definition) is 3. The van der Waals surface area contributed by atoms with Crippen molar-refractivity contribution in [3.63, 3.8) is 0 Å². The number of aliphatic hydroxyl groups is 2. The summed E-state index contributed by atoms with van der Waals surface area (Å²) in [4.78, 5) is 0. The Bertz CT molecular complexity index is 450. The van der Waals surface area contributed by atoms with E-state index in [-0.39, 0.29) is 19.0 Å². The van der Waals surface area contributed by atoms with Crippen LogP contribution >= 0.6 is 0 Å². The number of nitrogens with one attached hydrogen (secondary N) is 1. The Hall–Kier alpha value is -1.71. The van der Waals surface area contributed by atoms with Gasteiger partial charge in [-0.15, -0.1) is 5.10 Å². The predicted molar refractivity (Wildman–Crippen MR) is 62.4 cm³/mol. The molecule has 0 saturated heterocycles. The molecule has 1 heterocycles. The van der Waals surface area contributed by atoms with Gasteiger partial charge in [-0.1, -0.05) is 0 Å². The maximum Gasteiger partial charge on any atom is 0.167 e. The van der Waals surface area contributed by atoms with Crippen LogP contribution in [0.2, 0.25) is 0 Å².